The lowest BCUT2D eigenvalue weighted by Crippen LogP contribution is -2.05. The molecule has 0 aliphatic rings. The van der Waals surface area contributed by atoms with Gasteiger partial charge in [-0.15, -0.1) is 0 Å². The van der Waals surface area contributed by atoms with Gasteiger partial charge in [0.1, 0.15) is 18.4 Å². The van der Waals surface area contributed by atoms with Crippen molar-refractivity contribution in [1.82, 2.24) is 4.98 Å². The maximum absolute atomic E-state index is 12.7. The molecule has 3 aromatic rings. The Bertz CT molecular complexity index is 1000. The third-order valence-electron chi connectivity index (χ3n) is 3.90. The van der Waals surface area contributed by atoms with E-state index in [0.717, 1.165) is 17.8 Å². The summed E-state index contributed by atoms with van der Waals surface area (Å²) in [5.41, 5.74) is 1.18. The molecule has 0 N–H and O–H groups in total. The van der Waals surface area contributed by atoms with E-state index < -0.39 is 11.7 Å². The van der Waals surface area contributed by atoms with Gasteiger partial charge in [-0.2, -0.15) is 18.4 Å². The highest BCUT2D eigenvalue weighted by Gasteiger charge is 2.30. The number of nitriles is 1. The van der Waals surface area contributed by atoms with Crippen molar-refractivity contribution in [2.24, 2.45) is 0 Å². The number of hydrogen-bond acceptors (Lipinski definition) is 3. The molecule has 0 spiro atoms. The second kappa shape index (κ2) is 8.40. The van der Waals surface area contributed by atoms with Gasteiger partial charge in [-0.3, -0.25) is 4.98 Å². The highest BCUT2D eigenvalue weighted by Crippen LogP contribution is 2.29. The van der Waals surface area contributed by atoms with Crippen LogP contribution < -0.4 is 4.74 Å². The lowest BCUT2D eigenvalue weighted by Gasteiger charge is -2.08. The van der Waals surface area contributed by atoms with Crippen LogP contribution in [-0.4, -0.2) is 4.98 Å². The van der Waals surface area contributed by atoms with Crippen LogP contribution >= 0.6 is 0 Å². The van der Waals surface area contributed by atoms with E-state index in [4.69, 9.17) is 4.74 Å². The van der Waals surface area contributed by atoms with Crippen LogP contribution in [0.4, 0.5) is 13.2 Å². The number of hydrogen-bond donors (Lipinski definition) is 0. The zero-order chi connectivity index (χ0) is 20.0. The van der Waals surface area contributed by atoms with Crippen LogP contribution in [0, 0.1) is 11.3 Å². The van der Waals surface area contributed by atoms with Crippen molar-refractivity contribution >= 4 is 11.6 Å². The van der Waals surface area contributed by atoms with Gasteiger partial charge in [-0.1, -0.05) is 42.5 Å². The summed E-state index contributed by atoms with van der Waals surface area (Å²) in [6, 6.07) is 20.9. The predicted molar refractivity (Wildman–Crippen MR) is 99.9 cm³/mol. The van der Waals surface area contributed by atoms with Crippen molar-refractivity contribution in [3.05, 3.63) is 95.3 Å². The van der Waals surface area contributed by atoms with Gasteiger partial charge in [-0.05, 0) is 41.5 Å². The number of aromatic nitrogens is 1. The average Bonchev–Trinajstić information content (AvgIpc) is 2.71. The van der Waals surface area contributed by atoms with E-state index in [9.17, 15) is 18.4 Å². The fourth-order valence-electron chi connectivity index (χ4n) is 2.49. The van der Waals surface area contributed by atoms with Crippen molar-refractivity contribution in [3.8, 4) is 11.8 Å². The van der Waals surface area contributed by atoms with Crippen molar-refractivity contribution in [3.63, 3.8) is 0 Å². The van der Waals surface area contributed by atoms with E-state index in [2.05, 4.69) is 4.98 Å². The van der Waals surface area contributed by atoms with Crippen LogP contribution in [0.1, 0.15) is 22.4 Å². The lowest BCUT2D eigenvalue weighted by molar-refractivity contribution is -0.137. The van der Waals surface area contributed by atoms with Crippen LogP contribution in [0.15, 0.2) is 72.9 Å². The molecule has 2 aromatic carbocycles. The first-order valence-electron chi connectivity index (χ1n) is 8.38. The molecule has 140 valence electrons. The van der Waals surface area contributed by atoms with E-state index in [0.29, 0.717) is 17.9 Å². The molecule has 1 aromatic heterocycles. The molecule has 0 radical (unpaired) electrons. The first-order chi connectivity index (χ1) is 13.5. The van der Waals surface area contributed by atoms with E-state index in [1.807, 2.05) is 36.4 Å². The highest BCUT2D eigenvalue weighted by molar-refractivity contribution is 5.88. The summed E-state index contributed by atoms with van der Waals surface area (Å²) in [4.78, 5) is 3.77. The van der Waals surface area contributed by atoms with Gasteiger partial charge in [0, 0.05) is 6.20 Å². The molecular formula is C22H15F3N2O. The van der Waals surface area contributed by atoms with Crippen molar-refractivity contribution in [2.75, 3.05) is 0 Å². The summed E-state index contributed by atoms with van der Waals surface area (Å²) in [6.07, 6.45) is -2.18. The maximum Gasteiger partial charge on any atom is 0.417 e. The second-order valence-electron chi connectivity index (χ2n) is 5.95. The number of pyridine rings is 1. The number of halogens is 3. The minimum Gasteiger partial charge on any atom is -0.489 e. The van der Waals surface area contributed by atoms with Gasteiger partial charge in [0.25, 0.3) is 0 Å². The van der Waals surface area contributed by atoms with Gasteiger partial charge in [0.05, 0.1) is 16.8 Å². The Morgan fingerprint density at radius 3 is 2.46 bits per heavy atom. The Labute approximate surface area is 160 Å². The van der Waals surface area contributed by atoms with Gasteiger partial charge >= 0.3 is 6.18 Å². The summed E-state index contributed by atoms with van der Waals surface area (Å²) >= 11 is 0. The minimum atomic E-state index is -4.47. The molecule has 0 amide bonds. The third kappa shape index (κ3) is 4.98. The summed E-state index contributed by atoms with van der Waals surface area (Å²) < 4.78 is 43.7. The van der Waals surface area contributed by atoms with E-state index >= 15 is 0 Å². The third-order valence-corrected chi connectivity index (χ3v) is 3.90. The molecule has 3 nitrogen and oxygen atoms in total. The summed E-state index contributed by atoms with van der Waals surface area (Å²) in [6.45, 7) is 0.402. The first kappa shape index (κ1) is 19.2. The standard InChI is InChI=1S/C22H15F3N2O/c23-22(24,25)19-9-10-21(27-14-19)18(13-26)11-17-7-4-8-20(12-17)28-15-16-5-2-1-3-6-16/h1-12,14H,15H2/b18-11+. The molecule has 0 fully saturated rings. The Morgan fingerprint density at radius 2 is 1.82 bits per heavy atom. The molecule has 0 unspecified atom stereocenters. The van der Waals surface area contributed by atoms with Gasteiger partial charge < -0.3 is 4.74 Å². The number of rotatable bonds is 5. The number of alkyl halides is 3. The zero-order valence-electron chi connectivity index (χ0n) is 14.6. The maximum atomic E-state index is 12.7. The molecule has 0 saturated heterocycles. The van der Waals surface area contributed by atoms with Crippen LogP contribution in [0.3, 0.4) is 0 Å². The normalized spacial score (nSPS) is 11.7. The largest absolute Gasteiger partial charge is 0.489 e. The average molecular weight is 380 g/mol. The summed E-state index contributed by atoms with van der Waals surface area (Å²) in [7, 11) is 0. The number of nitrogens with zero attached hydrogens (tertiary/aromatic N) is 2. The smallest absolute Gasteiger partial charge is 0.417 e. The van der Waals surface area contributed by atoms with Crippen molar-refractivity contribution in [1.29, 1.82) is 5.26 Å². The van der Waals surface area contributed by atoms with Gasteiger partial charge in [-0.25, -0.2) is 0 Å². The Kier molecular flexibility index (Phi) is 5.75. The molecule has 28 heavy (non-hydrogen) atoms. The van der Waals surface area contributed by atoms with E-state index in [1.165, 1.54) is 6.07 Å². The van der Waals surface area contributed by atoms with Crippen LogP contribution in [0.2, 0.25) is 0 Å². The monoisotopic (exact) mass is 380 g/mol. The van der Waals surface area contributed by atoms with Gasteiger partial charge in [0.15, 0.2) is 0 Å². The van der Waals surface area contributed by atoms with Crippen molar-refractivity contribution < 1.29 is 17.9 Å². The highest BCUT2D eigenvalue weighted by atomic mass is 19.4. The van der Waals surface area contributed by atoms with Crippen LogP contribution in [0.25, 0.3) is 11.6 Å². The second-order valence-corrected chi connectivity index (χ2v) is 5.95. The number of benzene rings is 2. The fourth-order valence-corrected chi connectivity index (χ4v) is 2.49. The Morgan fingerprint density at radius 1 is 1.04 bits per heavy atom. The quantitative estimate of drug-likeness (QED) is 0.530. The molecule has 3 rings (SSSR count). The first-order valence-corrected chi connectivity index (χ1v) is 8.38. The molecule has 1 heterocycles. The van der Waals surface area contributed by atoms with Gasteiger partial charge in [0.2, 0.25) is 0 Å². The summed E-state index contributed by atoms with van der Waals surface area (Å²) in [5, 5.41) is 9.38. The van der Waals surface area contributed by atoms with E-state index in [1.54, 1.807) is 30.3 Å². The molecule has 0 bridgehead atoms. The summed E-state index contributed by atoms with van der Waals surface area (Å²) in [5.74, 6) is 0.621. The molecule has 0 aliphatic heterocycles. The molecule has 0 atom stereocenters. The Balaban J connectivity index is 1.78. The van der Waals surface area contributed by atoms with Crippen LogP contribution in [0.5, 0.6) is 5.75 Å². The molecule has 6 heteroatoms. The molecular weight excluding hydrogens is 365 g/mol. The van der Waals surface area contributed by atoms with Crippen molar-refractivity contribution in [2.45, 2.75) is 12.8 Å². The molecule has 0 aliphatic carbocycles. The topological polar surface area (TPSA) is 45.9 Å². The number of allylic oxidation sites excluding steroid dienone is 1. The SMILES string of the molecule is N#C/C(=C\c1cccc(OCc2ccccc2)c1)c1ccc(C(F)(F)F)cn1. The zero-order valence-corrected chi connectivity index (χ0v) is 14.6. The lowest BCUT2D eigenvalue weighted by atomic mass is 10.1. The van der Waals surface area contributed by atoms with Crippen LogP contribution in [-0.2, 0) is 12.8 Å². The van der Waals surface area contributed by atoms with E-state index in [-0.39, 0.29) is 11.3 Å². The Hall–Kier alpha value is -3.59. The fraction of sp³-hybridized carbons (Fsp3) is 0.0909. The minimum absolute atomic E-state index is 0.161. The predicted octanol–water partition coefficient (Wildman–Crippen LogP) is 5.74. The number of ether oxygens (including phenoxy) is 1. The molecule has 0 saturated carbocycles.